The zero-order chi connectivity index (χ0) is 12.4. The molecule has 0 spiro atoms. The van der Waals surface area contributed by atoms with Crippen LogP contribution in [-0.4, -0.2) is 24.7 Å². The molecule has 2 aliphatic rings. The molecule has 0 aromatic heterocycles. The van der Waals surface area contributed by atoms with Crippen LogP contribution in [0.3, 0.4) is 0 Å². The van der Waals surface area contributed by atoms with Gasteiger partial charge in [-0.2, -0.15) is 11.8 Å². The lowest BCUT2D eigenvalue weighted by molar-refractivity contribution is 0.356. The van der Waals surface area contributed by atoms with Gasteiger partial charge in [-0.05, 0) is 47.6 Å². The van der Waals surface area contributed by atoms with Crippen molar-refractivity contribution in [3.8, 4) is 5.75 Å². The Morgan fingerprint density at radius 2 is 2.44 bits per heavy atom. The zero-order valence-corrected chi connectivity index (χ0v) is 11.8. The third-order valence-corrected chi connectivity index (χ3v) is 5.12. The maximum Gasteiger partial charge on any atom is 0.122 e. The quantitative estimate of drug-likeness (QED) is 0.902. The normalized spacial score (nSPS) is 23.7. The largest absolute Gasteiger partial charge is 0.493 e. The Labute approximate surface area is 113 Å². The van der Waals surface area contributed by atoms with Crippen molar-refractivity contribution in [3.05, 3.63) is 29.3 Å². The van der Waals surface area contributed by atoms with Crippen molar-refractivity contribution in [2.75, 3.05) is 24.7 Å². The molecule has 2 atom stereocenters. The number of benzene rings is 1. The van der Waals surface area contributed by atoms with Gasteiger partial charge >= 0.3 is 0 Å². The summed E-state index contributed by atoms with van der Waals surface area (Å²) in [5.41, 5.74) is 2.84. The molecule has 0 amide bonds. The molecule has 1 fully saturated rings. The number of fused-ring (bicyclic) bond motifs is 1. The molecule has 0 bridgehead atoms. The molecule has 1 saturated heterocycles. The number of rotatable bonds is 4. The van der Waals surface area contributed by atoms with Gasteiger partial charge in [-0.1, -0.05) is 19.1 Å². The monoisotopic (exact) mass is 263 g/mol. The molecule has 2 heterocycles. The average Bonchev–Trinajstić information content (AvgIpc) is 3.05. The molecule has 3 heteroatoms. The van der Waals surface area contributed by atoms with E-state index in [-0.39, 0.29) is 0 Å². The van der Waals surface area contributed by atoms with Crippen LogP contribution in [0.25, 0.3) is 0 Å². The first-order chi connectivity index (χ1) is 8.88. The first-order valence-corrected chi connectivity index (χ1v) is 8.10. The zero-order valence-electron chi connectivity index (χ0n) is 10.9. The minimum atomic E-state index is 0.524. The molecule has 2 unspecified atom stereocenters. The summed E-state index contributed by atoms with van der Waals surface area (Å²) in [6, 6.07) is 7.29. The fourth-order valence-electron chi connectivity index (χ4n) is 2.99. The molecule has 98 valence electrons. The molecule has 1 N–H and O–H groups in total. The summed E-state index contributed by atoms with van der Waals surface area (Å²) >= 11 is 2.09. The first kappa shape index (κ1) is 12.4. The van der Waals surface area contributed by atoms with Gasteiger partial charge in [0.1, 0.15) is 5.75 Å². The fraction of sp³-hybridized carbons (Fsp3) is 0.600. The molecule has 0 saturated carbocycles. The Kier molecular flexibility index (Phi) is 3.80. The van der Waals surface area contributed by atoms with Crippen molar-refractivity contribution in [2.45, 2.75) is 25.8 Å². The van der Waals surface area contributed by atoms with Crippen molar-refractivity contribution >= 4 is 11.8 Å². The topological polar surface area (TPSA) is 21.3 Å². The summed E-state index contributed by atoms with van der Waals surface area (Å²) in [6.07, 6.45) is 2.41. The third-order valence-electron chi connectivity index (χ3n) is 3.93. The van der Waals surface area contributed by atoms with Crippen LogP contribution >= 0.6 is 11.8 Å². The Balaban J connectivity index is 1.84. The van der Waals surface area contributed by atoms with Gasteiger partial charge in [0.25, 0.3) is 0 Å². The standard InChI is InChI=1S/C15H21NOS/c1-2-16-15(13-6-8-18-10-13)12-3-4-14-11(9-12)5-7-17-14/h3-4,9,13,15-16H,2,5-8,10H2,1H3. The molecular weight excluding hydrogens is 242 g/mol. The third kappa shape index (κ3) is 2.39. The van der Waals surface area contributed by atoms with E-state index < -0.39 is 0 Å². The Morgan fingerprint density at radius 1 is 1.50 bits per heavy atom. The molecule has 1 aromatic rings. The van der Waals surface area contributed by atoms with E-state index in [0.29, 0.717) is 6.04 Å². The van der Waals surface area contributed by atoms with E-state index in [0.717, 1.165) is 31.2 Å². The van der Waals surface area contributed by atoms with Gasteiger partial charge in [0.15, 0.2) is 0 Å². The molecular formula is C15H21NOS. The smallest absolute Gasteiger partial charge is 0.122 e. The van der Waals surface area contributed by atoms with E-state index in [1.807, 2.05) is 0 Å². The minimum Gasteiger partial charge on any atom is -0.493 e. The molecule has 2 nitrogen and oxygen atoms in total. The average molecular weight is 263 g/mol. The van der Waals surface area contributed by atoms with E-state index in [1.165, 1.54) is 29.1 Å². The van der Waals surface area contributed by atoms with E-state index >= 15 is 0 Å². The van der Waals surface area contributed by atoms with E-state index in [4.69, 9.17) is 4.74 Å². The minimum absolute atomic E-state index is 0.524. The highest BCUT2D eigenvalue weighted by atomic mass is 32.2. The summed E-state index contributed by atoms with van der Waals surface area (Å²) in [5.74, 6) is 4.50. The summed E-state index contributed by atoms with van der Waals surface area (Å²) < 4.78 is 5.59. The van der Waals surface area contributed by atoms with Gasteiger partial charge in [0.2, 0.25) is 0 Å². The van der Waals surface area contributed by atoms with Gasteiger partial charge in [0.05, 0.1) is 6.61 Å². The summed E-state index contributed by atoms with van der Waals surface area (Å²) in [6.45, 7) is 4.09. The number of thioether (sulfide) groups is 1. The van der Waals surface area contributed by atoms with E-state index in [9.17, 15) is 0 Å². The van der Waals surface area contributed by atoms with Crippen molar-refractivity contribution in [2.24, 2.45) is 5.92 Å². The lowest BCUT2D eigenvalue weighted by atomic mass is 9.91. The van der Waals surface area contributed by atoms with Crippen LogP contribution in [0.5, 0.6) is 5.75 Å². The van der Waals surface area contributed by atoms with Gasteiger partial charge in [0, 0.05) is 12.5 Å². The molecule has 0 aliphatic carbocycles. The van der Waals surface area contributed by atoms with Crippen molar-refractivity contribution < 1.29 is 4.74 Å². The highest BCUT2D eigenvalue weighted by Gasteiger charge is 2.27. The van der Waals surface area contributed by atoms with E-state index in [1.54, 1.807) is 0 Å². The second-order valence-electron chi connectivity index (χ2n) is 5.12. The predicted octanol–water partition coefficient (Wildman–Crippen LogP) is 3.03. The van der Waals surface area contributed by atoms with Crippen molar-refractivity contribution in [1.29, 1.82) is 0 Å². The maximum atomic E-state index is 5.59. The van der Waals surface area contributed by atoms with Crippen LogP contribution in [0.1, 0.15) is 30.5 Å². The van der Waals surface area contributed by atoms with Crippen LogP contribution in [0.4, 0.5) is 0 Å². The lowest BCUT2D eigenvalue weighted by Crippen LogP contribution is -2.28. The second-order valence-corrected chi connectivity index (χ2v) is 6.27. The summed E-state index contributed by atoms with van der Waals surface area (Å²) in [7, 11) is 0. The highest BCUT2D eigenvalue weighted by molar-refractivity contribution is 7.99. The number of ether oxygens (including phenoxy) is 1. The number of hydrogen-bond donors (Lipinski definition) is 1. The van der Waals surface area contributed by atoms with Gasteiger partial charge < -0.3 is 10.1 Å². The summed E-state index contributed by atoms with van der Waals surface area (Å²) in [5, 5.41) is 3.68. The molecule has 1 aromatic carbocycles. The van der Waals surface area contributed by atoms with Crippen molar-refractivity contribution in [1.82, 2.24) is 5.32 Å². The molecule has 18 heavy (non-hydrogen) atoms. The Morgan fingerprint density at radius 3 is 3.22 bits per heavy atom. The van der Waals surface area contributed by atoms with Crippen LogP contribution < -0.4 is 10.1 Å². The predicted molar refractivity (Wildman–Crippen MR) is 77.5 cm³/mol. The molecule has 0 radical (unpaired) electrons. The number of hydrogen-bond acceptors (Lipinski definition) is 3. The maximum absolute atomic E-state index is 5.59. The van der Waals surface area contributed by atoms with Gasteiger partial charge in [-0.15, -0.1) is 0 Å². The first-order valence-electron chi connectivity index (χ1n) is 6.95. The molecule has 2 aliphatic heterocycles. The lowest BCUT2D eigenvalue weighted by Gasteiger charge is -2.24. The van der Waals surface area contributed by atoms with Crippen LogP contribution in [-0.2, 0) is 6.42 Å². The van der Waals surface area contributed by atoms with Crippen LogP contribution in [0.15, 0.2) is 18.2 Å². The SMILES string of the molecule is CCNC(c1ccc2c(c1)CCO2)C1CCSC1. The van der Waals surface area contributed by atoms with Gasteiger partial charge in [-0.3, -0.25) is 0 Å². The Hall–Kier alpha value is -0.670. The fourth-order valence-corrected chi connectivity index (χ4v) is 4.29. The van der Waals surface area contributed by atoms with E-state index in [2.05, 4.69) is 42.2 Å². The van der Waals surface area contributed by atoms with Crippen molar-refractivity contribution in [3.63, 3.8) is 0 Å². The summed E-state index contributed by atoms with van der Waals surface area (Å²) in [4.78, 5) is 0. The van der Waals surface area contributed by atoms with Crippen LogP contribution in [0.2, 0.25) is 0 Å². The van der Waals surface area contributed by atoms with Crippen LogP contribution in [0, 0.1) is 5.92 Å². The van der Waals surface area contributed by atoms with Gasteiger partial charge in [-0.25, -0.2) is 0 Å². The number of nitrogens with one attached hydrogen (secondary N) is 1. The Bertz CT molecular complexity index is 415. The highest BCUT2D eigenvalue weighted by Crippen LogP contribution is 2.36. The second kappa shape index (κ2) is 5.54. The molecule has 3 rings (SSSR count).